The van der Waals surface area contributed by atoms with Crippen LogP contribution in [0.1, 0.15) is 36.2 Å². The molecule has 0 radical (unpaired) electrons. The summed E-state index contributed by atoms with van der Waals surface area (Å²) in [7, 11) is 0. The van der Waals surface area contributed by atoms with Crippen molar-refractivity contribution in [3.8, 4) is 0 Å². The van der Waals surface area contributed by atoms with Gasteiger partial charge < -0.3 is 10.0 Å². The number of nitrogens with zero attached hydrogens (tertiary/aromatic N) is 1. The molecule has 5 heteroatoms. The Hall–Kier alpha value is -1.91. The van der Waals surface area contributed by atoms with E-state index in [9.17, 15) is 14.0 Å². The first-order valence-corrected chi connectivity index (χ1v) is 6.15. The van der Waals surface area contributed by atoms with Gasteiger partial charge in [-0.1, -0.05) is 0 Å². The second-order valence-electron chi connectivity index (χ2n) is 4.56. The number of carbonyl (C=O) groups excluding carboxylic acids is 1. The van der Waals surface area contributed by atoms with E-state index in [2.05, 4.69) is 0 Å². The number of carboxylic acid groups (broad SMARTS) is 1. The van der Waals surface area contributed by atoms with Crippen LogP contribution in [0.2, 0.25) is 0 Å². The van der Waals surface area contributed by atoms with Crippen molar-refractivity contribution < 1.29 is 19.1 Å². The second kappa shape index (κ2) is 6.31. The number of halogens is 1. The Labute approximate surface area is 111 Å². The summed E-state index contributed by atoms with van der Waals surface area (Å²) >= 11 is 0. The summed E-state index contributed by atoms with van der Waals surface area (Å²) in [6, 6.07) is 3.68. The standard InChI is InChI=1S/C14H18FNO3/c1-4-16(10(3)7-13(17)18)14(19)11-5-9(2)6-12(15)8-11/h5-6,8,10H,4,7H2,1-3H3,(H,17,18). The molecule has 1 atom stereocenters. The molecule has 4 nitrogen and oxygen atoms in total. The third-order valence-corrected chi connectivity index (χ3v) is 2.89. The fourth-order valence-electron chi connectivity index (χ4n) is 2.04. The average molecular weight is 267 g/mol. The third kappa shape index (κ3) is 4.05. The summed E-state index contributed by atoms with van der Waals surface area (Å²) in [6.07, 6.45) is -0.131. The Balaban J connectivity index is 2.97. The van der Waals surface area contributed by atoms with Crippen LogP contribution in [0.4, 0.5) is 4.39 Å². The molecular formula is C14H18FNO3. The summed E-state index contributed by atoms with van der Waals surface area (Å²) in [5.74, 6) is -1.78. The van der Waals surface area contributed by atoms with Crippen LogP contribution < -0.4 is 0 Å². The van der Waals surface area contributed by atoms with Gasteiger partial charge >= 0.3 is 5.97 Å². The van der Waals surface area contributed by atoms with Crippen LogP contribution in [0.5, 0.6) is 0 Å². The molecule has 104 valence electrons. The zero-order valence-electron chi connectivity index (χ0n) is 11.3. The Morgan fingerprint density at radius 3 is 2.47 bits per heavy atom. The van der Waals surface area contributed by atoms with Gasteiger partial charge in [-0.2, -0.15) is 0 Å². The lowest BCUT2D eigenvalue weighted by Crippen LogP contribution is -2.39. The van der Waals surface area contributed by atoms with Crippen LogP contribution >= 0.6 is 0 Å². The van der Waals surface area contributed by atoms with Crippen molar-refractivity contribution in [1.82, 2.24) is 4.90 Å². The molecule has 0 aliphatic rings. The number of hydrogen-bond donors (Lipinski definition) is 1. The lowest BCUT2D eigenvalue weighted by atomic mass is 10.1. The van der Waals surface area contributed by atoms with Crippen LogP contribution in [-0.4, -0.2) is 34.5 Å². The Bertz CT molecular complexity index is 467. The third-order valence-electron chi connectivity index (χ3n) is 2.89. The Morgan fingerprint density at radius 2 is 2.00 bits per heavy atom. The van der Waals surface area contributed by atoms with Crippen molar-refractivity contribution in [2.24, 2.45) is 0 Å². The summed E-state index contributed by atoms with van der Waals surface area (Å²) in [5.41, 5.74) is 0.905. The van der Waals surface area contributed by atoms with Gasteiger partial charge in [0, 0.05) is 18.2 Å². The highest BCUT2D eigenvalue weighted by Gasteiger charge is 2.22. The van der Waals surface area contributed by atoms with Gasteiger partial charge in [-0.3, -0.25) is 9.59 Å². The van der Waals surface area contributed by atoms with Crippen molar-refractivity contribution in [3.05, 3.63) is 35.1 Å². The van der Waals surface area contributed by atoms with Gasteiger partial charge in [0.15, 0.2) is 0 Å². The van der Waals surface area contributed by atoms with Crippen LogP contribution in [0.15, 0.2) is 18.2 Å². The summed E-state index contributed by atoms with van der Waals surface area (Å²) in [6.45, 7) is 5.52. The number of aliphatic carboxylic acids is 1. The molecular weight excluding hydrogens is 249 g/mol. The Kier molecular flexibility index (Phi) is 5.03. The quantitative estimate of drug-likeness (QED) is 0.891. The fourth-order valence-corrected chi connectivity index (χ4v) is 2.04. The average Bonchev–Trinajstić information content (AvgIpc) is 2.27. The summed E-state index contributed by atoms with van der Waals surface area (Å²) < 4.78 is 13.3. The summed E-state index contributed by atoms with van der Waals surface area (Å²) in [5, 5.41) is 8.77. The smallest absolute Gasteiger partial charge is 0.305 e. The van der Waals surface area contributed by atoms with Crippen molar-refractivity contribution in [3.63, 3.8) is 0 Å². The van der Waals surface area contributed by atoms with Crippen molar-refractivity contribution >= 4 is 11.9 Å². The first kappa shape index (κ1) is 15.1. The van der Waals surface area contributed by atoms with Crippen LogP contribution in [0.3, 0.4) is 0 Å². The molecule has 0 saturated heterocycles. The van der Waals surface area contributed by atoms with E-state index in [1.165, 1.54) is 17.0 Å². The number of amides is 1. The number of benzene rings is 1. The second-order valence-corrected chi connectivity index (χ2v) is 4.56. The normalized spacial score (nSPS) is 12.0. The first-order valence-electron chi connectivity index (χ1n) is 6.15. The number of aryl methyl sites for hydroxylation is 1. The predicted molar refractivity (Wildman–Crippen MR) is 69.6 cm³/mol. The molecule has 0 aliphatic heterocycles. The van der Waals surface area contributed by atoms with E-state index < -0.39 is 17.8 Å². The molecule has 0 spiro atoms. The first-order chi connectivity index (χ1) is 8.85. The van der Waals surface area contributed by atoms with Gasteiger partial charge in [0.1, 0.15) is 5.82 Å². The van der Waals surface area contributed by atoms with Gasteiger partial charge in [-0.05, 0) is 44.5 Å². The van der Waals surface area contributed by atoms with Gasteiger partial charge in [-0.25, -0.2) is 4.39 Å². The van der Waals surface area contributed by atoms with Crippen molar-refractivity contribution in [2.75, 3.05) is 6.54 Å². The van der Waals surface area contributed by atoms with Crippen molar-refractivity contribution in [1.29, 1.82) is 0 Å². The van der Waals surface area contributed by atoms with E-state index >= 15 is 0 Å². The molecule has 0 fully saturated rings. The zero-order valence-corrected chi connectivity index (χ0v) is 11.3. The van der Waals surface area contributed by atoms with E-state index in [0.29, 0.717) is 12.1 Å². The van der Waals surface area contributed by atoms with E-state index in [-0.39, 0.29) is 17.9 Å². The van der Waals surface area contributed by atoms with Crippen LogP contribution in [0.25, 0.3) is 0 Å². The van der Waals surface area contributed by atoms with Gasteiger partial charge in [0.25, 0.3) is 5.91 Å². The highest BCUT2D eigenvalue weighted by molar-refractivity contribution is 5.94. The monoisotopic (exact) mass is 267 g/mol. The van der Waals surface area contributed by atoms with Crippen molar-refractivity contribution in [2.45, 2.75) is 33.2 Å². The Morgan fingerprint density at radius 1 is 1.37 bits per heavy atom. The topological polar surface area (TPSA) is 57.6 Å². The highest BCUT2D eigenvalue weighted by atomic mass is 19.1. The molecule has 1 rings (SSSR count). The number of carboxylic acids is 1. The predicted octanol–water partition coefficient (Wildman–Crippen LogP) is 2.46. The largest absolute Gasteiger partial charge is 0.481 e. The van der Waals surface area contributed by atoms with Gasteiger partial charge in [0.05, 0.1) is 6.42 Å². The van der Waals surface area contributed by atoms with E-state index in [1.54, 1.807) is 26.8 Å². The molecule has 1 aromatic rings. The fraction of sp³-hybridized carbons (Fsp3) is 0.429. The van der Waals surface area contributed by atoms with E-state index in [0.717, 1.165) is 0 Å². The minimum absolute atomic E-state index is 0.131. The molecule has 19 heavy (non-hydrogen) atoms. The molecule has 0 heterocycles. The maximum absolute atomic E-state index is 13.3. The highest BCUT2D eigenvalue weighted by Crippen LogP contribution is 2.14. The van der Waals surface area contributed by atoms with Crippen LogP contribution in [-0.2, 0) is 4.79 Å². The minimum Gasteiger partial charge on any atom is -0.481 e. The van der Waals surface area contributed by atoms with Gasteiger partial charge in [0.2, 0.25) is 0 Å². The maximum Gasteiger partial charge on any atom is 0.305 e. The van der Waals surface area contributed by atoms with E-state index in [4.69, 9.17) is 5.11 Å². The number of hydrogen-bond acceptors (Lipinski definition) is 2. The number of rotatable bonds is 5. The van der Waals surface area contributed by atoms with Gasteiger partial charge in [-0.15, -0.1) is 0 Å². The molecule has 0 aromatic heterocycles. The molecule has 1 N–H and O–H groups in total. The molecule has 1 amide bonds. The zero-order chi connectivity index (χ0) is 14.6. The maximum atomic E-state index is 13.3. The van der Waals surface area contributed by atoms with E-state index in [1.807, 2.05) is 0 Å². The summed E-state index contributed by atoms with van der Waals surface area (Å²) in [4.78, 5) is 24.4. The van der Waals surface area contributed by atoms with Crippen LogP contribution in [0, 0.1) is 12.7 Å². The lowest BCUT2D eigenvalue weighted by molar-refractivity contribution is -0.138. The minimum atomic E-state index is -0.964. The lowest BCUT2D eigenvalue weighted by Gasteiger charge is -2.27. The molecule has 0 bridgehead atoms. The molecule has 1 unspecified atom stereocenters. The number of carbonyl (C=O) groups is 2. The molecule has 0 aliphatic carbocycles. The SMILES string of the molecule is CCN(C(=O)c1cc(C)cc(F)c1)C(C)CC(=O)O. The molecule has 0 saturated carbocycles. The molecule has 1 aromatic carbocycles.